The zero-order valence-corrected chi connectivity index (χ0v) is 14.8. The molecule has 1 heterocycles. The van der Waals surface area contributed by atoms with Crippen LogP contribution < -0.4 is 0 Å². The molecular weight excluding hydrogens is 282 g/mol. The lowest BCUT2D eigenvalue weighted by molar-refractivity contribution is 0.00437. The summed E-state index contributed by atoms with van der Waals surface area (Å²) in [5.74, 6) is 2.91. The summed E-state index contributed by atoms with van der Waals surface area (Å²) in [5.41, 5.74) is 0. The number of hydrogen-bond donors (Lipinski definition) is 0. The molecule has 23 heavy (non-hydrogen) atoms. The highest BCUT2D eigenvalue weighted by Gasteiger charge is 2.33. The summed E-state index contributed by atoms with van der Waals surface area (Å²) in [6, 6.07) is 0.731. The van der Waals surface area contributed by atoms with Crippen LogP contribution in [0.1, 0.15) is 70.6 Å². The van der Waals surface area contributed by atoms with E-state index in [2.05, 4.69) is 17.1 Å². The second-order valence-electron chi connectivity index (χ2n) is 8.70. The van der Waals surface area contributed by atoms with E-state index in [-0.39, 0.29) is 0 Å². The van der Waals surface area contributed by atoms with Crippen molar-refractivity contribution in [2.45, 2.75) is 82.8 Å². The van der Waals surface area contributed by atoms with Crippen LogP contribution in [-0.2, 0) is 4.74 Å². The number of fused-ring (bicyclic) bond motifs is 2. The van der Waals surface area contributed by atoms with Gasteiger partial charge in [0.2, 0.25) is 0 Å². The fourth-order valence-corrected chi connectivity index (χ4v) is 5.62. The fourth-order valence-electron chi connectivity index (χ4n) is 5.62. The van der Waals surface area contributed by atoms with Gasteiger partial charge in [-0.05, 0) is 56.3 Å². The Hall–Kier alpha value is -0.340. The Morgan fingerprint density at radius 3 is 2.35 bits per heavy atom. The second kappa shape index (κ2) is 7.70. The van der Waals surface area contributed by atoms with E-state index in [0.717, 1.165) is 36.9 Å². The first-order valence-electron chi connectivity index (χ1n) is 10.4. The van der Waals surface area contributed by atoms with Gasteiger partial charge in [-0.15, -0.1) is 0 Å². The molecule has 2 unspecified atom stereocenters. The molecule has 4 rings (SSSR count). The summed E-state index contributed by atoms with van der Waals surface area (Å²) in [7, 11) is 0. The second-order valence-corrected chi connectivity index (χ2v) is 8.70. The highest BCUT2D eigenvalue weighted by Crippen LogP contribution is 2.36. The molecule has 2 heteroatoms. The third kappa shape index (κ3) is 4.20. The molecule has 0 amide bonds. The SMILES string of the molecule is C1=CC2CC1CN2CCOC1CCC(CC2CCCCC2)CC1. The lowest BCUT2D eigenvalue weighted by Crippen LogP contribution is -2.34. The summed E-state index contributed by atoms with van der Waals surface area (Å²) in [6.45, 7) is 3.38. The van der Waals surface area contributed by atoms with Crippen LogP contribution in [0.25, 0.3) is 0 Å². The molecule has 2 bridgehead atoms. The van der Waals surface area contributed by atoms with E-state index in [1.807, 2.05) is 0 Å². The van der Waals surface area contributed by atoms with E-state index in [1.165, 1.54) is 77.2 Å². The first-order valence-corrected chi connectivity index (χ1v) is 10.4. The molecule has 0 radical (unpaired) electrons. The molecule has 2 nitrogen and oxygen atoms in total. The van der Waals surface area contributed by atoms with Gasteiger partial charge in [-0.2, -0.15) is 0 Å². The van der Waals surface area contributed by atoms with Gasteiger partial charge in [0.05, 0.1) is 12.7 Å². The summed E-state index contributed by atoms with van der Waals surface area (Å²) in [6.07, 6.45) is 21.3. The predicted octanol–water partition coefficient (Wildman–Crippen LogP) is 4.79. The van der Waals surface area contributed by atoms with E-state index in [1.54, 1.807) is 0 Å². The molecule has 4 aliphatic rings. The Bertz CT molecular complexity index is 393. The Labute approximate surface area is 142 Å². The van der Waals surface area contributed by atoms with Gasteiger partial charge in [0.25, 0.3) is 0 Å². The molecule has 0 aromatic rings. The van der Waals surface area contributed by atoms with Crippen LogP contribution in [0.4, 0.5) is 0 Å². The van der Waals surface area contributed by atoms with Gasteiger partial charge in [-0.3, -0.25) is 4.90 Å². The maximum absolute atomic E-state index is 6.23. The normalized spacial score (nSPS) is 38.4. The molecule has 1 saturated heterocycles. The van der Waals surface area contributed by atoms with Crippen molar-refractivity contribution in [3.05, 3.63) is 12.2 Å². The lowest BCUT2D eigenvalue weighted by Gasteiger charge is -2.32. The third-order valence-electron chi connectivity index (χ3n) is 7.00. The van der Waals surface area contributed by atoms with Gasteiger partial charge in [0.1, 0.15) is 0 Å². The van der Waals surface area contributed by atoms with Crippen molar-refractivity contribution >= 4 is 0 Å². The standard InChI is InChI=1S/C21H35NO/c1-2-4-17(5-3-1)14-18-7-10-21(11-8-18)23-13-12-22-16-19-6-9-20(22)15-19/h6,9,17-21H,1-5,7-8,10-16H2. The van der Waals surface area contributed by atoms with Crippen molar-refractivity contribution in [3.63, 3.8) is 0 Å². The molecule has 0 N–H and O–H groups in total. The minimum absolute atomic E-state index is 0.563. The van der Waals surface area contributed by atoms with Gasteiger partial charge in [0, 0.05) is 19.1 Å². The number of likely N-dealkylation sites (tertiary alicyclic amines) is 1. The lowest BCUT2D eigenvalue weighted by atomic mass is 9.77. The highest BCUT2D eigenvalue weighted by atomic mass is 16.5. The van der Waals surface area contributed by atoms with Gasteiger partial charge < -0.3 is 4.74 Å². The van der Waals surface area contributed by atoms with Crippen molar-refractivity contribution in [2.75, 3.05) is 19.7 Å². The third-order valence-corrected chi connectivity index (χ3v) is 7.00. The van der Waals surface area contributed by atoms with E-state index in [9.17, 15) is 0 Å². The summed E-state index contributed by atoms with van der Waals surface area (Å²) < 4.78 is 6.23. The van der Waals surface area contributed by atoms with E-state index < -0.39 is 0 Å². The first-order chi connectivity index (χ1) is 11.4. The molecule has 2 saturated carbocycles. The van der Waals surface area contributed by atoms with Crippen LogP contribution in [0, 0.1) is 17.8 Å². The van der Waals surface area contributed by atoms with E-state index >= 15 is 0 Å². The van der Waals surface area contributed by atoms with Gasteiger partial charge in [-0.1, -0.05) is 44.3 Å². The fraction of sp³-hybridized carbons (Fsp3) is 0.905. The maximum atomic E-state index is 6.23. The number of ether oxygens (including phenoxy) is 1. The van der Waals surface area contributed by atoms with Crippen LogP contribution >= 0.6 is 0 Å². The van der Waals surface area contributed by atoms with Crippen LogP contribution in [0.3, 0.4) is 0 Å². The van der Waals surface area contributed by atoms with Crippen molar-refractivity contribution in [2.24, 2.45) is 17.8 Å². The zero-order chi connectivity index (χ0) is 15.5. The maximum Gasteiger partial charge on any atom is 0.0597 e. The quantitative estimate of drug-likeness (QED) is 0.653. The average Bonchev–Trinajstić information content (AvgIpc) is 3.20. The molecule has 0 spiro atoms. The molecular formula is C21H35NO. The molecule has 1 aliphatic heterocycles. The Balaban J connectivity index is 1.10. The minimum Gasteiger partial charge on any atom is -0.377 e. The molecule has 3 fully saturated rings. The Morgan fingerprint density at radius 2 is 1.65 bits per heavy atom. The Morgan fingerprint density at radius 1 is 0.870 bits per heavy atom. The van der Waals surface area contributed by atoms with Crippen LogP contribution in [0.15, 0.2) is 12.2 Å². The Kier molecular flexibility index (Phi) is 5.40. The molecule has 2 atom stereocenters. The van der Waals surface area contributed by atoms with Crippen molar-refractivity contribution < 1.29 is 4.74 Å². The smallest absolute Gasteiger partial charge is 0.0597 e. The minimum atomic E-state index is 0.563. The zero-order valence-electron chi connectivity index (χ0n) is 14.8. The van der Waals surface area contributed by atoms with Crippen molar-refractivity contribution in [1.82, 2.24) is 4.90 Å². The monoisotopic (exact) mass is 317 g/mol. The molecule has 0 aromatic heterocycles. The van der Waals surface area contributed by atoms with Crippen molar-refractivity contribution in [1.29, 1.82) is 0 Å². The van der Waals surface area contributed by atoms with E-state index in [0.29, 0.717) is 6.10 Å². The molecule has 130 valence electrons. The highest BCUT2D eigenvalue weighted by molar-refractivity contribution is 5.12. The number of rotatable bonds is 6. The summed E-state index contributed by atoms with van der Waals surface area (Å²) in [5, 5.41) is 0. The largest absolute Gasteiger partial charge is 0.377 e. The average molecular weight is 318 g/mol. The summed E-state index contributed by atoms with van der Waals surface area (Å²) in [4.78, 5) is 2.62. The predicted molar refractivity (Wildman–Crippen MR) is 95.5 cm³/mol. The number of nitrogens with zero attached hydrogens (tertiary/aromatic N) is 1. The summed E-state index contributed by atoms with van der Waals surface area (Å²) >= 11 is 0. The first kappa shape index (κ1) is 16.1. The van der Waals surface area contributed by atoms with Gasteiger partial charge in [-0.25, -0.2) is 0 Å². The molecule has 3 aliphatic carbocycles. The topological polar surface area (TPSA) is 12.5 Å². The van der Waals surface area contributed by atoms with Crippen LogP contribution in [-0.4, -0.2) is 36.7 Å². The van der Waals surface area contributed by atoms with Gasteiger partial charge in [0.15, 0.2) is 0 Å². The number of hydrogen-bond acceptors (Lipinski definition) is 2. The van der Waals surface area contributed by atoms with Crippen molar-refractivity contribution in [3.8, 4) is 0 Å². The van der Waals surface area contributed by atoms with Gasteiger partial charge >= 0.3 is 0 Å². The van der Waals surface area contributed by atoms with Crippen LogP contribution in [0.5, 0.6) is 0 Å². The van der Waals surface area contributed by atoms with Crippen LogP contribution in [0.2, 0.25) is 0 Å². The molecule has 0 aromatic carbocycles. The van der Waals surface area contributed by atoms with E-state index in [4.69, 9.17) is 4.74 Å².